The highest BCUT2D eigenvalue weighted by Crippen LogP contribution is 2.37. The fourth-order valence-corrected chi connectivity index (χ4v) is 6.60. The van der Waals surface area contributed by atoms with Crippen molar-refractivity contribution in [3.05, 3.63) is 40.9 Å². The van der Waals surface area contributed by atoms with Crippen LogP contribution in [0.3, 0.4) is 0 Å². The van der Waals surface area contributed by atoms with Crippen molar-refractivity contribution >= 4 is 50.8 Å². The third kappa shape index (κ3) is 3.68. The summed E-state index contributed by atoms with van der Waals surface area (Å²) in [6, 6.07) is 3.36. The first-order valence-corrected chi connectivity index (χ1v) is 12.9. The maximum absolute atomic E-state index is 12.8. The molecular weight excluding hydrogens is 460 g/mol. The quantitative estimate of drug-likeness (QED) is 0.413. The molecule has 1 aliphatic heterocycles. The summed E-state index contributed by atoms with van der Waals surface area (Å²) >= 11 is 3.15. The van der Waals surface area contributed by atoms with Gasteiger partial charge in [-0.15, -0.1) is 21.5 Å². The van der Waals surface area contributed by atoms with Gasteiger partial charge >= 0.3 is 0 Å². The lowest BCUT2D eigenvalue weighted by Crippen LogP contribution is -2.51. The van der Waals surface area contributed by atoms with E-state index in [1.54, 1.807) is 39.6 Å². The van der Waals surface area contributed by atoms with Crippen molar-refractivity contribution in [3.8, 4) is 0 Å². The van der Waals surface area contributed by atoms with E-state index in [4.69, 9.17) is 4.42 Å². The maximum atomic E-state index is 12.8. The first-order chi connectivity index (χ1) is 16.2. The second kappa shape index (κ2) is 8.45. The number of amides is 2. The van der Waals surface area contributed by atoms with Crippen LogP contribution in [-0.4, -0.2) is 73.1 Å². The molecule has 9 nitrogen and oxygen atoms in total. The molecule has 2 aliphatic rings. The van der Waals surface area contributed by atoms with Crippen LogP contribution >= 0.6 is 23.1 Å². The van der Waals surface area contributed by atoms with E-state index in [2.05, 4.69) is 15.2 Å². The Morgan fingerprint density at radius 1 is 1.09 bits per heavy atom. The van der Waals surface area contributed by atoms with E-state index in [-0.39, 0.29) is 17.6 Å². The van der Waals surface area contributed by atoms with Gasteiger partial charge in [-0.1, -0.05) is 11.8 Å². The molecule has 0 radical (unpaired) electrons. The topological polar surface area (TPSA) is 96.8 Å². The fraction of sp³-hybridized carbons (Fsp3) is 0.409. The predicted molar refractivity (Wildman–Crippen MR) is 125 cm³/mol. The Morgan fingerprint density at radius 3 is 2.73 bits per heavy atom. The summed E-state index contributed by atoms with van der Waals surface area (Å²) in [7, 11) is 0. The molecule has 0 unspecified atom stereocenters. The molecule has 0 spiro atoms. The van der Waals surface area contributed by atoms with Crippen molar-refractivity contribution in [3.63, 3.8) is 0 Å². The molecule has 0 saturated carbocycles. The molecule has 0 aromatic carbocycles. The van der Waals surface area contributed by atoms with Crippen molar-refractivity contribution in [1.82, 2.24) is 29.4 Å². The van der Waals surface area contributed by atoms with Crippen LogP contribution in [0.15, 0.2) is 34.3 Å². The Balaban J connectivity index is 1.12. The summed E-state index contributed by atoms with van der Waals surface area (Å²) < 4.78 is 7.10. The number of aryl methyl sites for hydroxylation is 2. The third-order valence-electron chi connectivity index (χ3n) is 6.31. The van der Waals surface area contributed by atoms with Gasteiger partial charge in [-0.2, -0.15) is 0 Å². The molecule has 5 heterocycles. The van der Waals surface area contributed by atoms with Crippen molar-refractivity contribution in [2.24, 2.45) is 0 Å². The first-order valence-electron chi connectivity index (χ1n) is 11.1. The number of furan rings is 1. The molecular formula is C22H22N6O3S2. The predicted octanol–water partition coefficient (Wildman–Crippen LogP) is 2.89. The zero-order chi connectivity index (χ0) is 22.4. The Morgan fingerprint density at radius 2 is 1.91 bits per heavy atom. The van der Waals surface area contributed by atoms with Gasteiger partial charge in [0.05, 0.1) is 17.4 Å². The molecule has 6 rings (SSSR count). The van der Waals surface area contributed by atoms with Gasteiger partial charge in [0.2, 0.25) is 5.91 Å². The average Bonchev–Trinajstić information content (AvgIpc) is 3.60. The number of hydrogen-bond donors (Lipinski definition) is 0. The summed E-state index contributed by atoms with van der Waals surface area (Å²) in [4.78, 5) is 35.8. The lowest BCUT2D eigenvalue weighted by Gasteiger charge is -2.34. The molecule has 2 amide bonds. The lowest BCUT2D eigenvalue weighted by atomic mass is 9.97. The number of hydrogen-bond acceptors (Lipinski definition) is 8. The Kier molecular flexibility index (Phi) is 5.30. The lowest BCUT2D eigenvalue weighted by molar-refractivity contribution is -0.129. The molecule has 0 N–H and O–H groups in total. The highest BCUT2D eigenvalue weighted by atomic mass is 32.2. The number of aromatic nitrogens is 4. The van der Waals surface area contributed by atoms with Gasteiger partial charge in [0, 0.05) is 31.1 Å². The maximum Gasteiger partial charge on any atom is 0.289 e. The average molecular weight is 483 g/mol. The van der Waals surface area contributed by atoms with Gasteiger partial charge in [-0.25, -0.2) is 4.98 Å². The summed E-state index contributed by atoms with van der Waals surface area (Å²) in [5.74, 6) is 0.500. The molecule has 1 fully saturated rings. The second-order valence-electron chi connectivity index (χ2n) is 8.25. The van der Waals surface area contributed by atoms with Crippen LogP contribution in [-0.2, 0) is 17.6 Å². The van der Waals surface area contributed by atoms with Crippen molar-refractivity contribution < 1.29 is 14.0 Å². The van der Waals surface area contributed by atoms with Crippen molar-refractivity contribution in [2.45, 2.75) is 30.8 Å². The smallest absolute Gasteiger partial charge is 0.289 e. The zero-order valence-electron chi connectivity index (χ0n) is 17.9. The number of nitrogens with zero attached hydrogens (tertiary/aromatic N) is 6. The molecule has 1 aliphatic carbocycles. The molecule has 4 aromatic rings. The van der Waals surface area contributed by atoms with E-state index < -0.39 is 0 Å². The van der Waals surface area contributed by atoms with Crippen LogP contribution in [0.5, 0.6) is 0 Å². The minimum atomic E-state index is -0.133. The van der Waals surface area contributed by atoms with E-state index in [1.165, 1.54) is 41.3 Å². The largest absolute Gasteiger partial charge is 0.459 e. The molecule has 11 heteroatoms. The minimum Gasteiger partial charge on any atom is -0.459 e. The first kappa shape index (κ1) is 20.7. The number of carbonyl (C=O) groups excluding carboxylic acids is 2. The molecule has 170 valence electrons. The van der Waals surface area contributed by atoms with E-state index in [0.717, 1.165) is 28.7 Å². The monoisotopic (exact) mass is 482 g/mol. The highest BCUT2D eigenvalue weighted by Gasteiger charge is 2.27. The summed E-state index contributed by atoms with van der Waals surface area (Å²) in [6.07, 6.45) is 7.88. The van der Waals surface area contributed by atoms with Crippen LogP contribution < -0.4 is 0 Å². The second-order valence-corrected chi connectivity index (χ2v) is 10.3. The van der Waals surface area contributed by atoms with Crippen LogP contribution in [0.4, 0.5) is 0 Å². The zero-order valence-corrected chi connectivity index (χ0v) is 19.5. The number of thiophene rings is 1. The molecule has 4 aromatic heterocycles. The van der Waals surface area contributed by atoms with Gasteiger partial charge in [0.25, 0.3) is 5.91 Å². The van der Waals surface area contributed by atoms with Crippen LogP contribution in [0.1, 0.15) is 33.8 Å². The SMILES string of the molecule is O=C(CSc1nnc2c3c4c(sc3ncn12)CCCC4)N1CCN(C(=O)c2ccco2)CC1. The molecule has 0 atom stereocenters. The number of carbonyl (C=O) groups is 2. The Labute approximate surface area is 197 Å². The van der Waals surface area contributed by atoms with Crippen molar-refractivity contribution in [1.29, 1.82) is 0 Å². The van der Waals surface area contributed by atoms with Gasteiger partial charge < -0.3 is 14.2 Å². The summed E-state index contributed by atoms with van der Waals surface area (Å²) in [5, 5.41) is 10.6. The number of thioether (sulfide) groups is 1. The van der Waals surface area contributed by atoms with E-state index >= 15 is 0 Å². The molecule has 33 heavy (non-hydrogen) atoms. The minimum absolute atomic E-state index is 0.0313. The third-order valence-corrected chi connectivity index (χ3v) is 8.44. The molecule has 1 saturated heterocycles. The van der Waals surface area contributed by atoms with Crippen LogP contribution in [0, 0.1) is 0 Å². The number of piperazine rings is 1. The van der Waals surface area contributed by atoms with E-state index in [9.17, 15) is 9.59 Å². The highest BCUT2D eigenvalue weighted by molar-refractivity contribution is 7.99. The Bertz CT molecular complexity index is 1340. The van der Waals surface area contributed by atoms with Gasteiger partial charge in [0.15, 0.2) is 16.6 Å². The van der Waals surface area contributed by atoms with Gasteiger partial charge in [-0.05, 0) is 43.4 Å². The van der Waals surface area contributed by atoms with Gasteiger partial charge in [-0.3, -0.25) is 14.0 Å². The van der Waals surface area contributed by atoms with E-state index in [1.807, 2.05) is 4.40 Å². The van der Waals surface area contributed by atoms with Crippen molar-refractivity contribution in [2.75, 3.05) is 31.9 Å². The van der Waals surface area contributed by atoms with Crippen LogP contribution in [0.2, 0.25) is 0 Å². The molecule has 0 bridgehead atoms. The summed E-state index contributed by atoms with van der Waals surface area (Å²) in [6.45, 7) is 2.01. The standard InChI is InChI=1S/C22H22N6O3S2/c29-17(26-7-9-27(10-8-26)21(30)15-5-3-11-31-15)12-32-22-25-24-19-18-14-4-1-2-6-16(14)33-20(18)23-13-28(19)22/h3,5,11,13H,1-2,4,6-10,12H2. The van der Waals surface area contributed by atoms with Crippen LogP contribution in [0.25, 0.3) is 15.9 Å². The Hall–Kier alpha value is -2.92. The van der Waals surface area contributed by atoms with Gasteiger partial charge in [0.1, 0.15) is 11.2 Å². The van der Waals surface area contributed by atoms with E-state index in [0.29, 0.717) is 37.1 Å². The number of rotatable bonds is 4. The summed E-state index contributed by atoms with van der Waals surface area (Å²) in [5.41, 5.74) is 2.21. The number of fused-ring (bicyclic) bond motifs is 5. The fourth-order valence-electron chi connectivity index (χ4n) is 4.57. The normalized spacial score (nSPS) is 16.5.